The molecule has 0 aliphatic heterocycles. The smallest absolute Gasteiger partial charge is 0.266 e. The van der Waals surface area contributed by atoms with Crippen LogP contribution in [0.2, 0.25) is 5.02 Å². The molecule has 1 atom stereocenters. The summed E-state index contributed by atoms with van der Waals surface area (Å²) in [6.07, 6.45) is 8.64. The lowest BCUT2D eigenvalue weighted by atomic mass is 10.1. The highest BCUT2D eigenvalue weighted by Crippen LogP contribution is 2.25. The Balaban J connectivity index is 1.96. The third-order valence-electron chi connectivity index (χ3n) is 7.09. The summed E-state index contributed by atoms with van der Waals surface area (Å²) < 4.78 is 1.65. The molecule has 6 nitrogen and oxygen atoms in total. The number of hydrogen-bond donors (Lipinski definition) is 0. The molecule has 0 saturated carbocycles. The zero-order chi connectivity index (χ0) is 27.7. The molecular formula is C31H43ClN4O2. The van der Waals surface area contributed by atoms with Crippen molar-refractivity contribution in [1.82, 2.24) is 19.4 Å². The number of carbonyl (C=O) groups excluding carboxylic acids is 1. The topological polar surface area (TPSA) is 58.4 Å². The Morgan fingerprint density at radius 3 is 2.29 bits per heavy atom. The number of halogens is 1. The van der Waals surface area contributed by atoms with Gasteiger partial charge in [0.2, 0.25) is 5.91 Å². The summed E-state index contributed by atoms with van der Waals surface area (Å²) in [5.41, 5.74) is 2.22. The van der Waals surface area contributed by atoms with E-state index in [1.165, 1.54) is 32.1 Å². The van der Waals surface area contributed by atoms with Gasteiger partial charge in [0, 0.05) is 24.5 Å². The maximum Gasteiger partial charge on any atom is 0.266 e. The SMILES string of the molecule is CCCCCCCCCC(=O)N(CCN(C)C)C(C)c1nc2ccc(Cl)cc2c(=O)n1-c1ccc(C)cc1. The number of benzene rings is 2. The Kier molecular flexibility index (Phi) is 11.4. The molecule has 0 fully saturated rings. The second-order valence-corrected chi connectivity index (χ2v) is 11.0. The summed E-state index contributed by atoms with van der Waals surface area (Å²) >= 11 is 6.24. The van der Waals surface area contributed by atoms with Crippen molar-refractivity contribution in [2.75, 3.05) is 27.2 Å². The first-order chi connectivity index (χ1) is 18.2. The monoisotopic (exact) mass is 538 g/mol. The zero-order valence-corrected chi connectivity index (χ0v) is 24.4. The normalized spacial score (nSPS) is 12.3. The molecular weight excluding hydrogens is 496 g/mol. The second-order valence-electron chi connectivity index (χ2n) is 10.5. The lowest BCUT2D eigenvalue weighted by molar-refractivity contribution is -0.133. The molecule has 0 saturated heterocycles. The van der Waals surface area contributed by atoms with Crippen LogP contribution in [0, 0.1) is 6.92 Å². The molecule has 2 aromatic carbocycles. The van der Waals surface area contributed by atoms with Gasteiger partial charge in [-0.1, -0.05) is 74.7 Å². The Hall–Kier alpha value is -2.70. The van der Waals surface area contributed by atoms with E-state index in [1.54, 1.807) is 22.8 Å². The number of amides is 1. The zero-order valence-electron chi connectivity index (χ0n) is 23.7. The fraction of sp³-hybridized carbons (Fsp3) is 0.516. The van der Waals surface area contributed by atoms with Gasteiger partial charge in [0.25, 0.3) is 5.56 Å². The molecule has 1 amide bonds. The van der Waals surface area contributed by atoms with E-state index in [0.29, 0.717) is 34.7 Å². The van der Waals surface area contributed by atoms with E-state index in [9.17, 15) is 9.59 Å². The molecule has 0 aliphatic rings. The van der Waals surface area contributed by atoms with E-state index in [0.717, 1.165) is 30.6 Å². The molecule has 3 aromatic rings. The third-order valence-corrected chi connectivity index (χ3v) is 7.33. The van der Waals surface area contributed by atoms with Crippen molar-refractivity contribution in [3.8, 4) is 5.69 Å². The van der Waals surface area contributed by atoms with Crippen molar-refractivity contribution in [3.05, 3.63) is 69.2 Å². The molecule has 0 spiro atoms. The van der Waals surface area contributed by atoms with Gasteiger partial charge in [-0.25, -0.2) is 4.98 Å². The van der Waals surface area contributed by atoms with Crippen LogP contribution in [0.5, 0.6) is 0 Å². The number of nitrogens with zero attached hydrogens (tertiary/aromatic N) is 4. The molecule has 1 aromatic heterocycles. The van der Waals surface area contributed by atoms with E-state index in [1.807, 2.05) is 57.1 Å². The number of likely N-dealkylation sites (N-methyl/N-ethyl adjacent to an activating group) is 1. The van der Waals surface area contributed by atoms with Crippen molar-refractivity contribution in [2.45, 2.75) is 78.2 Å². The van der Waals surface area contributed by atoms with Crippen LogP contribution in [-0.2, 0) is 4.79 Å². The minimum atomic E-state index is -0.388. The molecule has 0 N–H and O–H groups in total. The Morgan fingerprint density at radius 2 is 1.63 bits per heavy atom. The Morgan fingerprint density at radius 1 is 0.974 bits per heavy atom. The van der Waals surface area contributed by atoms with Gasteiger partial charge in [0.15, 0.2) is 0 Å². The van der Waals surface area contributed by atoms with Crippen molar-refractivity contribution in [2.24, 2.45) is 0 Å². The van der Waals surface area contributed by atoms with Gasteiger partial charge in [-0.2, -0.15) is 0 Å². The lowest BCUT2D eigenvalue weighted by Crippen LogP contribution is -2.40. The van der Waals surface area contributed by atoms with Crippen LogP contribution in [0.25, 0.3) is 16.6 Å². The number of aryl methyl sites for hydroxylation is 1. The molecule has 0 radical (unpaired) electrons. The highest BCUT2D eigenvalue weighted by molar-refractivity contribution is 6.31. The summed E-state index contributed by atoms with van der Waals surface area (Å²) in [6, 6.07) is 12.6. The number of fused-ring (bicyclic) bond motifs is 1. The Bertz CT molecular complexity index is 1250. The van der Waals surface area contributed by atoms with Crippen LogP contribution >= 0.6 is 11.6 Å². The predicted molar refractivity (Wildman–Crippen MR) is 158 cm³/mol. The standard InChI is InChI=1S/C31H43ClN4O2/c1-6-7-8-9-10-11-12-13-29(37)35(21-20-34(4)5)24(3)30-33-28-19-16-25(32)22-27(28)31(38)36(30)26-17-14-23(2)15-18-26/h14-19,22,24H,6-13,20-21H2,1-5H3. The molecule has 38 heavy (non-hydrogen) atoms. The molecule has 3 rings (SSSR count). The van der Waals surface area contributed by atoms with Crippen LogP contribution in [-0.4, -0.2) is 52.4 Å². The summed E-state index contributed by atoms with van der Waals surface area (Å²) in [6.45, 7) is 7.50. The van der Waals surface area contributed by atoms with E-state index >= 15 is 0 Å². The summed E-state index contributed by atoms with van der Waals surface area (Å²) in [7, 11) is 4.01. The van der Waals surface area contributed by atoms with Crippen LogP contribution in [0.1, 0.15) is 82.6 Å². The fourth-order valence-electron chi connectivity index (χ4n) is 4.76. The number of rotatable bonds is 14. The predicted octanol–water partition coefficient (Wildman–Crippen LogP) is 6.94. The van der Waals surface area contributed by atoms with Gasteiger partial charge in [-0.05, 0) is 64.7 Å². The minimum Gasteiger partial charge on any atom is -0.331 e. The first-order valence-corrected chi connectivity index (χ1v) is 14.3. The first-order valence-electron chi connectivity index (χ1n) is 14.0. The largest absolute Gasteiger partial charge is 0.331 e. The van der Waals surface area contributed by atoms with Crippen molar-refractivity contribution < 1.29 is 4.79 Å². The maximum atomic E-state index is 13.8. The second kappa shape index (κ2) is 14.5. The molecule has 1 heterocycles. The minimum absolute atomic E-state index is 0.105. The molecule has 1 unspecified atom stereocenters. The lowest BCUT2D eigenvalue weighted by Gasteiger charge is -2.31. The van der Waals surface area contributed by atoms with Crippen molar-refractivity contribution in [3.63, 3.8) is 0 Å². The van der Waals surface area contributed by atoms with Gasteiger partial charge < -0.3 is 9.80 Å². The van der Waals surface area contributed by atoms with Crippen LogP contribution in [0.4, 0.5) is 0 Å². The molecule has 0 aliphatic carbocycles. The van der Waals surface area contributed by atoms with E-state index in [-0.39, 0.29) is 17.5 Å². The van der Waals surface area contributed by atoms with Gasteiger partial charge in [0.1, 0.15) is 5.82 Å². The van der Waals surface area contributed by atoms with Crippen molar-refractivity contribution in [1.29, 1.82) is 0 Å². The average molecular weight is 539 g/mol. The molecule has 206 valence electrons. The van der Waals surface area contributed by atoms with Crippen LogP contribution in [0.15, 0.2) is 47.3 Å². The summed E-state index contributed by atoms with van der Waals surface area (Å²) in [5.74, 6) is 0.661. The van der Waals surface area contributed by atoms with Gasteiger partial charge in [0.05, 0.1) is 22.6 Å². The van der Waals surface area contributed by atoms with Gasteiger partial charge >= 0.3 is 0 Å². The van der Waals surface area contributed by atoms with E-state index in [4.69, 9.17) is 16.6 Å². The maximum absolute atomic E-state index is 13.8. The number of unbranched alkanes of at least 4 members (excludes halogenated alkanes) is 6. The summed E-state index contributed by atoms with van der Waals surface area (Å²) in [4.78, 5) is 36.3. The summed E-state index contributed by atoms with van der Waals surface area (Å²) in [5, 5.41) is 0.952. The van der Waals surface area contributed by atoms with Crippen LogP contribution < -0.4 is 5.56 Å². The van der Waals surface area contributed by atoms with E-state index in [2.05, 4.69) is 11.8 Å². The first kappa shape index (κ1) is 29.9. The Labute approximate surface area is 232 Å². The van der Waals surface area contributed by atoms with Gasteiger partial charge in [-0.15, -0.1) is 0 Å². The quantitative estimate of drug-likeness (QED) is 0.209. The number of aromatic nitrogens is 2. The van der Waals surface area contributed by atoms with Crippen molar-refractivity contribution >= 4 is 28.4 Å². The molecule has 7 heteroatoms. The third kappa shape index (κ3) is 7.90. The van der Waals surface area contributed by atoms with Crippen LogP contribution in [0.3, 0.4) is 0 Å². The molecule has 0 bridgehead atoms. The fourth-order valence-corrected chi connectivity index (χ4v) is 4.93. The highest BCUT2D eigenvalue weighted by atomic mass is 35.5. The average Bonchev–Trinajstić information content (AvgIpc) is 2.89. The number of hydrogen-bond acceptors (Lipinski definition) is 4. The highest BCUT2D eigenvalue weighted by Gasteiger charge is 2.26. The van der Waals surface area contributed by atoms with Gasteiger partial charge in [-0.3, -0.25) is 14.2 Å². The van der Waals surface area contributed by atoms with E-state index < -0.39 is 0 Å². The number of carbonyl (C=O) groups is 1.